The third-order valence-electron chi connectivity index (χ3n) is 4.33. The van der Waals surface area contributed by atoms with E-state index in [0.29, 0.717) is 35.3 Å². The molecule has 0 saturated heterocycles. The van der Waals surface area contributed by atoms with Crippen LogP contribution in [0.25, 0.3) is 0 Å². The van der Waals surface area contributed by atoms with Crippen LogP contribution in [0.5, 0.6) is 11.5 Å². The zero-order valence-electron chi connectivity index (χ0n) is 18.3. The predicted octanol–water partition coefficient (Wildman–Crippen LogP) is 3.08. The number of carbonyl (C=O) groups excluding carboxylic acids is 3. The van der Waals surface area contributed by atoms with Crippen LogP contribution in [0.4, 0.5) is 5.69 Å². The summed E-state index contributed by atoms with van der Waals surface area (Å²) in [6.45, 7) is 6.21. The summed E-state index contributed by atoms with van der Waals surface area (Å²) < 4.78 is 11.0. The monoisotopic (exact) mass is 427 g/mol. The van der Waals surface area contributed by atoms with Gasteiger partial charge in [0.1, 0.15) is 0 Å². The molecule has 0 spiro atoms. The first-order valence-corrected chi connectivity index (χ1v) is 10.0. The number of anilines is 1. The third-order valence-corrected chi connectivity index (χ3v) is 4.33. The van der Waals surface area contributed by atoms with Crippen molar-refractivity contribution in [2.24, 2.45) is 5.92 Å². The highest BCUT2D eigenvalue weighted by Gasteiger charge is 2.13. The minimum absolute atomic E-state index is 0.0760. The summed E-state index contributed by atoms with van der Waals surface area (Å²) in [4.78, 5) is 35.5. The Balaban J connectivity index is 1.88. The van der Waals surface area contributed by atoms with Crippen molar-refractivity contribution in [1.82, 2.24) is 10.9 Å². The van der Waals surface area contributed by atoms with Gasteiger partial charge in [-0.15, -0.1) is 0 Å². The van der Waals surface area contributed by atoms with E-state index < -0.39 is 5.91 Å². The second kappa shape index (κ2) is 11.6. The molecule has 8 nitrogen and oxygen atoms in total. The molecule has 31 heavy (non-hydrogen) atoms. The summed E-state index contributed by atoms with van der Waals surface area (Å²) in [6, 6.07) is 11.7. The number of rotatable bonds is 9. The van der Waals surface area contributed by atoms with E-state index in [-0.39, 0.29) is 18.2 Å². The fourth-order valence-electron chi connectivity index (χ4n) is 2.67. The molecule has 0 aromatic heterocycles. The summed E-state index contributed by atoms with van der Waals surface area (Å²) in [7, 11) is 1.51. The normalized spacial score (nSPS) is 10.4. The number of amides is 3. The highest BCUT2D eigenvalue weighted by Crippen LogP contribution is 2.28. The molecule has 0 aliphatic heterocycles. The lowest BCUT2D eigenvalue weighted by Gasteiger charge is -2.13. The first-order valence-electron chi connectivity index (χ1n) is 10.0. The topological polar surface area (TPSA) is 106 Å². The number of hydrogen-bond acceptors (Lipinski definition) is 5. The highest BCUT2D eigenvalue weighted by atomic mass is 16.5. The zero-order valence-corrected chi connectivity index (χ0v) is 18.3. The zero-order chi connectivity index (χ0) is 22.8. The molecule has 0 fully saturated rings. The molecular formula is C23H29N3O5. The second-order valence-electron chi connectivity index (χ2n) is 7.45. The summed E-state index contributed by atoms with van der Waals surface area (Å²) in [6.07, 6.45) is 0.986. The molecule has 0 saturated carbocycles. The Hall–Kier alpha value is -3.55. The number of nitrogens with one attached hydrogen (secondary N) is 3. The van der Waals surface area contributed by atoms with E-state index in [1.54, 1.807) is 42.5 Å². The smallest absolute Gasteiger partial charge is 0.269 e. The van der Waals surface area contributed by atoms with Gasteiger partial charge in [0, 0.05) is 18.2 Å². The van der Waals surface area contributed by atoms with E-state index in [9.17, 15) is 14.4 Å². The van der Waals surface area contributed by atoms with Crippen molar-refractivity contribution in [2.45, 2.75) is 33.6 Å². The first-order chi connectivity index (χ1) is 14.8. The summed E-state index contributed by atoms with van der Waals surface area (Å²) >= 11 is 0. The van der Waals surface area contributed by atoms with Crippen molar-refractivity contribution in [3.05, 3.63) is 53.6 Å². The average Bonchev–Trinajstić information content (AvgIpc) is 2.73. The van der Waals surface area contributed by atoms with Crippen molar-refractivity contribution in [2.75, 3.05) is 19.0 Å². The number of hydrogen-bond donors (Lipinski definition) is 3. The van der Waals surface area contributed by atoms with Crippen LogP contribution in [-0.2, 0) is 16.0 Å². The van der Waals surface area contributed by atoms with Crippen molar-refractivity contribution in [3.8, 4) is 11.5 Å². The van der Waals surface area contributed by atoms with Gasteiger partial charge in [0.15, 0.2) is 11.5 Å². The summed E-state index contributed by atoms with van der Waals surface area (Å²) in [5, 5.41) is 2.66. The molecular weight excluding hydrogens is 398 g/mol. The SMILES string of the molecule is COc1cc(C(=O)NNC(=O)Cc2ccc(NC(C)=O)cc2)ccc1OCCC(C)C. The number of methoxy groups -OCH3 is 1. The Morgan fingerprint density at radius 1 is 0.968 bits per heavy atom. The largest absolute Gasteiger partial charge is 0.493 e. The average molecular weight is 428 g/mol. The molecule has 0 radical (unpaired) electrons. The van der Waals surface area contributed by atoms with Gasteiger partial charge in [-0.25, -0.2) is 0 Å². The molecule has 0 bridgehead atoms. The Labute approximate surface area is 182 Å². The second-order valence-corrected chi connectivity index (χ2v) is 7.45. The van der Waals surface area contributed by atoms with Crippen LogP contribution in [-0.4, -0.2) is 31.4 Å². The van der Waals surface area contributed by atoms with E-state index in [2.05, 4.69) is 30.0 Å². The maximum atomic E-state index is 12.4. The maximum absolute atomic E-state index is 12.4. The minimum atomic E-state index is -0.471. The summed E-state index contributed by atoms with van der Waals surface area (Å²) in [5.41, 5.74) is 6.50. The fraction of sp³-hybridized carbons (Fsp3) is 0.348. The molecule has 0 aliphatic carbocycles. The number of carbonyl (C=O) groups is 3. The van der Waals surface area contributed by atoms with Crippen LogP contribution in [0.1, 0.15) is 43.1 Å². The van der Waals surface area contributed by atoms with Gasteiger partial charge in [-0.05, 0) is 48.2 Å². The van der Waals surface area contributed by atoms with Crippen molar-refractivity contribution in [1.29, 1.82) is 0 Å². The Bertz CT molecular complexity index is 910. The van der Waals surface area contributed by atoms with Crippen molar-refractivity contribution in [3.63, 3.8) is 0 Å². The Kier molecular flexibility index (Phi) is 8.87. The number of ether oxygens (including phenoxy) is 2. The molecule has 0 atom stereocenters. The van der Waals surface area contributed by atoms with Crippen LogP contribution in [0.3, 0.4) is 0 Å². The van der Waals surface area contributed by atoms with E-state index in [1.807, 2.05) is 0 Å². The van der Waals surface area contributed by atoms with Gasteiger partial charge in [-0.2, -0.15) is 0 Å². The van der Waals surface area contributed by atoms with E-state index >= 15 is 0 Å². The molecule has 0 heterocycles. The molecule has 0 aliphatic rings. The molecule has 8 heteroatoms. The van der Waals surface area contributed by atoms with Gasteiger partial charge in [0.2, 0.25) is 11.8 Å². The minimum Gasteiger partial charge on any atom is -0.493 e. The third kappa shape index (κ3) is 8.00. The van der Waals surface area contributed by atoms with Crippen LogP contribution in [0.2, 0.25) is 0 Å². The van der Waals surface area contributed by atoms with Gasteiger partial charge in [-0.1, -0.05) is 26.0 Å². The van der Waals surface area contributed by atoms with E-state index in [0.717, 1.165) is 12.0 Å². The fourth-order valence-corrected chi connectivity index (χ4v) is 2.67. The predicted molar refractivity (Wildman–Crippen MR) is 118 cm³/mol. The lowest BCUT2D eigenvalue weighted by atomic mass is 10.1. The van der Waals surface area contributed by atoms with Crippen LogP contribution in [0, 0.1) is 5.92 Å². The van der Waals surface area contributed by atoms with Crippen molar-refractivity contribution < 1.29 is 23.9 Å². The van der Waals surface area contributed by atoms with Gasteiger partial charge >= 0.3 is 0 Å². The summed E-state index contributed by atoms with van der Waals surface area (Å²) in [5.74, 6) is 0.519. The van der Waals surface area contributed by atoms with Gasteiger partial charge in [0.05, 0.1) is 20.1 Å². The standard InChI is InChI=1S/C23H29N3O5/c1-15(2)11-12-31-20-10-7-18(14-21(20)30-4)23(29)26-25-22(28)13-17-5-8-19(9-6-17)24-16(3)27/h5-10,14-15H,11-13H2,1-4H3,(H,24,27)(H,25,28)(H,26,29). The van der Waals surface area contributed by atoms with E-state index in [4.69, 9.17) is 9.47 Å². The lowest BCUT2D eigenvalue weighted by Crippen LogP contribution is -2.42. The first kappa shape index (κ1) is 23.7. The van der Waals surface area contributed by atoms with Gasteiger partial charge in [-0.3, -0.25) is 25.2 Å². The lowest BCUT2D eigenvalue weighted by molar-refractivity contribution is -0.121. The quantitative estimate of drug-likeness (QED) is 0.534. The Morgan fingerprint density at radius 3 is 2.29 bits per heavy atom. The number of benzene rings is 2. The Morgan fingerprint density at radius 2 is 1.68 bits per heavy atom. The maximum Gasteiger partial charge on any atom is 0.269 e. The molecule has 3 amide bonds. The van der Waals surface area contributed by atoms with Crippen LogP contribution < -0.4 is 25.6 Å². The molecule has 3 N–H and O–H groups in total. The molecule has 0 unspecified atom stereocenters. The molecule has 166 valence electrons. The number of hydrazine groups is 1. The molecule has 2 rings (SSSR count). The highest BCUT2D eigenvalue weighted by molar-refractivity contribution is 5.96. The van der Waals surface area contributed by atoms with Crippen LogP contribution >= 0.6 is 0 Å². The van der Waals surface area contributed by atoms with Gasteiger partial charge < -0.3 is 14.8 Å². The molecule has 2 aromatic rings. The van der Waals surface area contributed by atoms with E-state index in [1.165, 1.54) is 14.0 Å². The van der Waals surface area contributed by atoms with Gasteiger partial charge in [0.25, 0.3) is 5.91 Å². The van der Waals surface area contributed by atoms with Crippen LogP contribution in [0.15, 0.2) is 42.5 Å². The molecule has 2 aromatic carbocycles. The van der Waals surface area contributed by atoms with Crippen molar-refractivity contribution >= 4 is 23.4 Å².